The minimum atomic E-state index is -0.803. The molecule has 2 amide bonds. The highest BCUT2D eigenvalue weighted by atomic mass is 35.5. The maximum absolute atomic E-state index is 12.8. The van der Waals surface area contributed by atoms with Gasteiger partial charge in [-0.25, -0.2) is 0 Å². The molecule has 0 aromatic heterocycles. The third-order valence-electron chi connectivity index (χ3n) is 4.68. The smallest absolute Gasteiger partial charge is 0.306 e. The fourth-order valence-corrected chi connectivity index (χ4v) is 4.43. The Bertz CT molecular complexity index is 674. The van der Waals surface area contributed by atoms with Crippen LogP contribution in [0.15, 0.2) is 24.3 Å². The van der Waals surface area contributed by atoms with Crippen molar-refractivity contribution < 1.29 is 19.5 Å². The molecule has 134 valence electrons. The second-order valence-corrected chi connectivity index (χ2v) is 7.67. The Balaban J connectivity index is 1.67. The van der Waals surface area contributed by atoms with E-state index in [0.717, 1.165) is 0 Å². The summed E-state index contributed by atoms with van der Waals surface area (Å²) in [5.41, 5.74) is 0.509. The van der Waals surface area contributed by atoms with Gasteiger partial charge in [-0.05, 0) is 37.1 Å². The number of hydrogen-bond acceptors (Lipinski definition) is 4. The topological polar surface area (TPSA) is 77.9 Å². The summed E-state index contributed by atoms with van der Waals surface area (Å²) in [5.74, 6) is -0.408. The molecule has 1 unspecified atom stereocenters. The lowest BCUT2D eigenvalue weighted by Crippen LogP contribution is -2.51. The number of carbonyl (C=O) groups excluding carboxylic acids is 2. The number of halogens is 1. The molecule has 0 radical (unpaired) electrons. The van der Waals surface area contributed by atoms with E-state index in [1.807, 2.05) is 0 Å². The Morgan fingerprint density at radius 1 is 1.12 bits per heavy atom. The van der Waals surface area contributed by atoms with Gasteiger partial charge in [0.05, 0.1) is 11.8 Å². The molecular formula is C17H19ClN2O4S. The molecule has 2 aliphatic heterocycles. The normalized spacial score (nSPS) is 21.4. The highest BCUT2D eigenvalue weighted by Gasteiger charge is 2.38. The molecule has 6 nitrogen and oxygen atoms in total. The van der Waals surface area contributed by atoms with E-state index in [1.54, 1.807) is 45.8 Å². The van der Waals surface area contributed by atoms with Crippen LogP contribution in [0.3, 0.4) is 0 Å². The molecule has 0 spiro atoms. The highest BCUT2D eigenvalue weighted by molar-refractivity contribution is 7.99. The number of benzene rings is 1. The number of hydrogen-bond donors (Lipinski definition) is 1. The molecule has 2 fully saturated rings. The van der Waals surface area contributed by atoms with E-state index in [2.05, 4.69) is 0 Å². The Morgan fingerprint density at radius 2 is 1.76 bits per heavy atom. The first kappa shape index (κ1) is 18.1. The van der Waals surface area contributed by atoms with Gasteiger partial charge in [0.1, 0.15) is 6.04 Å². The first-order valence-electron chi connectivity index (χ1n) is 8.13. The van der Waals surface area contributed by atoms with Crippen LogP contribution in [-0.4, -0.2) is 63.5 Å². The van der Waals surface area contributed by atoms with Crippen molar-refractivity contribution in [3.8, 4) is 0 Å². The third kappa shape index (κ3) is 3.93. The Hall–Kier alpha value is -1.73. The minimum Gasteiger partial charge on any atom is -0.481 e. The van der Waals surface area contributed by atoms with Crippen LogP contribution in [0.2, 0.25) is 5.02 Å². The van der Waals surface area contributed by atoms with Crippen LogP contribution in [0.1, 0.15) is 23.2 Å². The standard InChI is InChI=1S/C17H19ClN2O4S/c18-13-3-1-11(2-4-13)15(21)20-10-25-9-14(20)16(22)19-7-5-12(6-8-19)17(23)24/h1-4,12,14H,5-10H2,(H,23,24). The first-order valence-corrected chi connectivity index (χ1v) is 9.66. The third-order valence-corrected chi connectivity index (χ3v) is 5.94. The maximum atomic E-state index is 12.8. The van der Waals surface area contributed by atoms with E-state index in [4.69, 9.17) is 16.7 Å². The van der Waals surface area contributed by atoms with Crippen molar-refractivity contribution in [2.45, 2.75) is 18.9 Å². The average molecular weight is 383 g/mol. The van der Waals surface area contributed by atoms with Crippen molar-refractivity contribution in [1.29, 1.82) is 0 Å². The summed E-state index contributed by atoms with van der Waals surface area (Å²) >= 11 is 7.41. The second kappa shape index (κ2) is 7.66. The van der Waals surface area contributed by atoms with Gasteiger partial charge in [-0.3, -0.25) is 14.4 Å². The van der Waals surface area contributed by atoms with E-state index in [9.17, 15) is 14.4 Å². The number of carboxylic acids is 1. The SMILES string of the molecule is O=C(O)C1CCN(C(=O)C2CSCN2C(=O)c2ccc(Cl)cc2)CC1. The summed E-state index contributed by atoms with van der Waals surface area (Å²) in [5, 5.41) is 9.62. The first-order chi connectivity index (χ1) is 12.0. The fourth-order valence-electron chi connectivity index (χ4n) is 3.16. The Kier molecular flexibility index (Phi) is 5.54. The number of carboxylic acid groups (broad SMARTS) is 1. The van der Waals surface area contributed by atoms with Crippen LogP contribution < -0.4 is 0 Å². The Labute approximate surface area is 155 Å². The van der Waals surface area contributed by atoms with Gasteiger partial charge < -0.3 is 14.9 Å². The van der Waals surface area contributed by atoms with Crippen LogP contribution in [0.25, 0.3) is 0 Å². The number of nitrogens with zero attached hydrogens (tertiary/aromatic N) is 2. The molecule has 8 heteroatoms. The van der Waals surface area contributed by atoms with Crippen molar-refractivity contribution in [1.82, 2.24) is 9.80 Å². The van der Waals surface area contributed by atoms with E-state index in [0.29, 0.717) is 48.1 Å². The minimum absolute atomic E-state index is 0.0869. The molecular weight excluding hydrogens is 364 g/mol. The summed E-state index contributed by atoms with van der Waals surface area (Å²) in [6.45, 7) is 0.861. The zero-order valence-electron chi connectivity index (χ0n) is 13.6. The lowest BCUT2D eigenvalue weighted by Gasteiger charge is -2.34. The molecule has 1 atom stereocenters. The van der Waals surface area contributed by atoms with Crippen molar-refractivity contribution in [3.05, 3.63) is 34.9 Å². The molecule has 1 aromatic rings. The average Bonchev–Trinajstić information content (AvgIpc) is 3.11. The van der Waals surface area contributed by atoms with Gasteiger partial charge in [-0.2, -0.15) is 0 Å². The molecule has 3 rings (SSSR count). The van der Waals surface area contributed by atoms with Crippen LogP contribution in [0, 0.1) is 5.92 Å². The summed E-state index contributed by atoms with van der Waals surface area (Å²) < 4.78 is 0. The molecule has 2 heterocycles. The van der Waals surface area contributed by atoms with Crippen molar-refractivity contribution in [2.75, 3.05) is 24.7 Å². The van der Waals surface area contributed by atoms with E-state index in [-0.39, 0.29) is 17.7 Å². The number of rotatable bonds is 3. The fraction of sp³-hybridized carbons (Fsp3) is 0.471. The summed E-state index contributed by atoms with van der Waals surface area (Å²) in [6.07, 6.45) is 0.929. The van der Waals surface area contributed by atoms with Crippen molar-refractivity contribution in [3.63, 3.8) is 0 Å². The van der Waals surface area contributed by atoms with Gasteiger partial charge in [0.25, 0.3) is 5.91 Å². The number of carbonyl (C=O) groups is 3. The molecule has 2 saturated heterocycles. The van der Waals surface area contributed by atoms with Gasteiger partial charge in [0, 0.05) is 29.4 Å². The van der Waals surface area contributed by atoms with E-state index in [1.165, 1.54) is 0 Å². The summed E-state index contributed by atoms with van der Waals surface area (Å²) in [7, 11) is 0. The number of thioether (sulfide) groups is 1. The molecule has 0 saturated carbocycles. The largest absolute Gasteiger partial charge is 0.481 e. The zero-order chi connectivity index (χ0) is 18.0. The molecule has 25 heavy (non-hydrogen) atoms. The Morgan fingerprint density at radius 3 is 2.36 bits per heavy atom. The number of likely N-dealkylation sites (tertiary alicyclic amines) is 1. The van der Waals surface area contributed by atoms with Gasteiger partial charge in [0.15, 0.2) is 0 Å². The van der Waals surface area contributed by atoms with E-state index >= 15 is 0 Å². The number of aliphatic carboxylic acids is 1. The monoisotopic (exact) mass is 382 g/mol. The van der Waals surface area contributed by atoms with Crippen LogP contribution in [0.4, 0.5) is 0 Å². The predicted octanol–water partition coefficient (Wildman–Crippen LogP) is 2.18. The molecule has 1 aromatic carbocycles. The van der Waals surface area contributed by atoms with Gasteiger partial charge in [-0.15, -0.1) is 11.8 Å². The summed E-state index contributed by atoms with van der Waals surface area (Å²) in [6, 6.07) is 6.15. The summed E-state index contributed by atoms with van der Waals surface area (Å²) in [4.78, 5) is 39.9. The van der Waals surface area contributed by atoms with Crippen LogP contribution >= 0.6 is 23.4 Å². The van der Waals surface area contributed by atoms with Gasteiger partial charge >= 0.3 is 5.97 Å². The van der Waals surface area contributed by atoms with Gasteiger partial charge in [-0.1, -0.05) is 11.6 Å². The van der Waals surface area contributed by atoms with E-state index < -0.39 is 12.0 Å². The number of piperidine rings is 1. The molecule has 1 N–H and O–H groups in total. The van der Waals surface area contributed by atoms with Gasteiger partial charge in [0.2, 0.25) is 5.91 Å². The van der Waals surface area contributed by atoms with Crippen LogP contribution in [-0.2, 0) is 9.59 Å². The molecule has 0 bridgehead atoms. The lowest BCUT2D eigenvalue weighted by atomic mass is 9.96. The maximum Gasteiger partial charge on any atom is 0.306 e. The zero-order valence-corrected chi connectivity index (χ0v) is 15.1. The number of amides is 2. The molecule has 2 aliphatic rings. The second-order valence-electron chi connectivity index (χ2n) is 6.24. The van der Waals surface area contributed by atoms with Crippen molar-refractivity contribution in [2.24, 2.45) is 5.92 Å². The predicted molar refractivity (Wildman–Crippen MR) is 95.7 cm³/mol. The molecule has 0 aliphatic carbocycles. The van der Waals surface area contributed by atoms with Crippen LogP contribution in [0.5, 0.6) is 0 Å². The quantitative estimate of drug-likeness (QED) is 0.866. The highest BCUT2D eigenvalue weighted by Crippen LogP contribution is 2.27. The lowest BCUT2D eigenvalue weighted by molar-refractivity contribution is -0.146. The van der Waals surface area contributed by atoms with Crippen molar-refractivity contribution >= 4 is 41.1 Å².